The maximum atomic E-state index is 10.9. The SMILES string of the molecule is CCCOc1cc(NCC2CCC(C(=O)O)CC2)ncn1. The monoisotopic (exact) mass is 293 g/mol. The van der Waals surface area contributed by atoms with Crippen LogP contribution in [0.5, 0.6) is 5.88 Å². The minimum atomic E-state index is -0.657. The second kappa shape index (κ2) is 7.81. The molecule has 0 aliphatic heterocycles. The summed E-state index contributed by atoms with van der Waals surface area (Å²) in [4.78, 5) is 19.2. The summed E-state index contributed by atoms with van der Waals surface area (Å²) in [5.41, 5.74) is 0. The average Bonchev–Trinajstić information content (AvgIpc) is 2.52. The Labute approximate surface area is 124 Å². The number of aromatic nitrogens is 2. The number of rotatable bonds is 7. The van der Waals surface area contributed by atoms with Crippen molar-refractivity contribution in [1.29, 1.82) is 0 Å². The molecule has 1 saturated carbocycles. The zero-order valence-corrected chi connectivity index (χ0v) is 12.4. The molecule has 0 bridgehead atoms. The first-order valence-electron chi connectivity index (χ1n) is 7.60. The Kier molecular flexibility index (Phi) is 5.78. The van der Waals surface area contributed by atoms with Crippen molar-refractivity contribution >= 4 is 11.8 Å². The van der Waals surface area contributed by atoms with E-state index in [1.54, 1.807) is 6.07 Å². The summed E-state index contributed by atoms with van der Waals surface area (Å²) in [6.45, 7) is 3.51. The van der Waals surface area contributed by atoms with Gasteiger partial charge >= 0.3 is 5.97 Å². The highest BCUT2D eigenvalue weighted by atomic mass is 16.5. The average molecular weight is 293 g/mol. The highest BCUT2D eigenvalue weighted by Crippen LogP contribution is 2.29. The van der Waals surface area contributed by atoms with E-state index in [2.05, 4.69) is 15.3 Å². The van der Waals surface area contributed by atoms with E-state index in [-0.39, 0.29) is 5.92 Å². The molecule has 1 aromatic rings. The molecule has 0 spiro atoms. The van der Waals surface area contributed by atoms with Gasteiger partial charge in [0, 0.05) is 12.6 Å². The first-order chi connectivity index (χ1) is 10.2. The molecule has 1 aliphatic rings. The number of carbonyl (C=O) groups is 1. The van der Waals surface area contributed by atoms with Crippen LogP contribution in [-0.4, -0.2) is 34.2 Å². The van der Waals surface area contributed by atoms with E-state index < -0.39 is 5.97 Å². The molecule has 6 heteroatoms. The molecular weight excluding hydrogens is 270 g/mol. The van der Waals surface area contributed by atoms with Gasteiger partial charge in [0.2, 0.25) is 5.88 Å². The molecular formula is C15H23N3O3. The quantitative estimate of drug-likeness (QED) is 0.803. The first kappa shape index (κ1) is 15.5. The Morgan fingerprint density at radius 1 is 1.38 bits per heavy atom. The molecule has 1 fully saturated rings. The van der Waals surface area contributed by atoms with E-state index in [9.17, 15) is 4.79 Å². The summed E-state index contributed by atoms with van der Waals surface area (Å²) >= 11 is 0. The molecule has 2 N–H and O–H groups in total. The lowest BCUT2D eigenvalue weighted by atomic mass is 9.82. The number of carboxylic acids is 1. The van der Waals surface area contributed by atoms with Crippen LogP contribution in [0.1, 0.15) is 39.0 Å². The summed E-state index contributed by atoms with van der Waals surface area (Å²) in [5, 5.41) is 12.3. The number of carboxylic acid groups (broad SMARTS) is 1. The second-order valence-corrected chi connectivity index (χ2v) is 5.53. The number of anilines is 1. The van der Waals surface area contributed by atoms with Crippen molar-refractivity contribution in [1.82, 2.24) is 9.97 Å². The Hall–Kier alpha value is -1.85. The molecule has 0 amide bonds. The van der Waals surface area contributed by atoms with Gasteiger partial charge < -0.3 is 15.2 Å². The van der Waals surface area contributed by atoms with Gasteiger partial charge in [-0.15, -0.1) is 0 Å². The van der Waals surface area contributed by atoms with Crippen molar-refractivity contribution in [2.45, 2.75) is 39.0 Å². The second-order valence-electron chi connectivity index (χ2n) is 5.53. The lowest BCUT2D eigenvalue weighted by molar-refractivity contribution is -0.143. The van der Waals surface area contributed by atoms with Gasteiger partial charge in [-0.25, -0.2) is 9.97 Å². The smallest absolute Gasteiger partial charge is 0.306 e. The van der Waals surface area contributed by atoms with E-state index in [0.717, 1.165) is 44.5 Å². The molecule has 116 valence electrons. The number of hydrogen-bond donors (Lipinski definition) is 2. The molecule has 1 aliphatic carbocycles. The van der Waals surface area contributed by atoms with Crippen LogP contribution in [-0.2, 0) is 4.79 Å². The summed E-state index contributed by atoms with van der Waals surface area (Å²) in [7, 11) is 0. The third kappa shape index (κ3) is 4.88. The summed E-state index contributed by atoms with van der Waals surface area (Å²) in [6.07, 6.45) is 5.89. The predicted octanol–water partition coefficient (Wildman–Crippen LogP) is 2.57. The number of nitrogens with zero attached hydrogens (tertiary/aromatic N) is 2. The number of hydrogen-bond acceptors (Lipinski definition) is 5. The van der Waals surface area contributed by atoms with Gasteiger partial charge in [0.25, 0.3) is 0 Å². The lowest BCUT2D eigenvalue weighted by Crippen LogP contribution is -2.25. The van der Waals surface area contributed by atoms with Crippen molar-refractivity contribution in [3.63, 3.8) is 0 Å². The van der Waals surface area contributed by atoms with Crippen LogP contribution in [0.4, 0.5) is 5.82 Å². The Morgan fingerprint density at radius 2 is 2.14 bits per heavy atom. The summed E-state index contributed by atoms with van der Waals surface area (Å²) < 4.78 is 5.47. The van der Waals surface area contributed by atoms with Crippen LogP contribution in [0.2, 0.25) is 0 Å². The fraction of sp³-hybridized carbons (Fsp3) is 0.667. The summed E-state index contributed by atoms with van der Waals surface area (Å²) in [6, 6.07) is 1.80. The fourth-order valence-electron chi connectivity index (χ4n) is 2.58. The van der Waals surface area contributed by atoms with Crippen LogP contribution >= 0.6 is 0 Å². The van der Waals surface area contributed by atoms with Crippen molar-refractivity contribution < 1.29 is 14.6 Å². The normalized spacial score (nSPS) is 21.8. The zero-order valence-electron chi connectivity index (χ0n) is 12.4. The van der Waals surface area contributed by atoms with Crippen molar-refractivity contribution in [2.24, 2.45) is 11.8 Å². The van der Waals surface area contributed by atoms with Gasteiger partial charge in [0.1, 0.15) is 12.1 Å². The number of aliphatic carboxylic acids is 1. The van der Waals surface area contributed by atoms with E-state index in [4.69, 9.17) is 9.84 Å². The molecule has 21 heavy (non-hydrogen) atoms. The van der Waals surface area contributed by atoms with Crippen LogP contribution in [0.15, 0.2) is 12.4 Å². The van der Waals surface area contributed by atoms with Crippen LogP contribution in [0.3, 0.4) is 0 Å². The molecule has 1 heterocycles. The standard InChI is InChI=1S/C15H23N3O3/c1-2-7-21-14-8-13(17-10-18-14)16-9-11-3-5-12(6-4-11)15(19)20/h8,10-12H,2-7,9H2,1H3,(H,19,20)(H,16,17,18). The molecule has 6 nitrogen and oxygen atoms in total. The Morgan fingerprint density at radius 3 is 2.81 bits per heavy atom. The third-order valence-corrected chi connectivity index (χ3v) is 3.86. The zero-order chi connectivity index (χ0) is 15.1. The van der Waals surface area contributed by atoms with Crippen molar-refractivity contribution in [2.75, 3.05) is 18.5 Å². The van der Waals surface area contributed by atoms with Gasteiger partial charge in [-0.3, -0.25) is 4.79 Å². The Balaban J connectivity index is 1.77. The van der Waals surface area contributed by atoms with Gasteiger partial charge in [0.15, 0.2) is 0 Å². The maximum Gasteiger partial charge on any atom is 0.306 e. The molecule has 0 aromatic carbocycles. The van der Waals surface area contributed by atoms with Crippen LogP contribution < -0.4 is 10.1 Å². The van der Waals surface area contributed by atoms with E-state index in [1.165, 1.54) is 6.33 Å². The molecule has 2 rings (SSSR count). The van der Waals surface area contributed by atoms with E-state index in [0.29, 0.717) is 18.4 Å². The lowest BCUT2D eigenvalue weighted by Gasteiger charge is -2.26. The van der Waals surface area contributed by atoms with Crippen molar-refractivity contribution in [3.8, 4) is 5.88 Å². The molecule has 0 unspecified atom stereocenters. The first-order valence-corrected chi connectivity index (χ1v) is 7.60. The number of ether oxygens (including phenoxy) is 1. The summed E-state index contributed by atoms with van der Waals surface area (Å²) in [5.74, 6) is 1.04. The minimum Gasteiger partial charge on any atom is -0.481 e. The van der Waals surface area contributed by atoms with Crippen molar-refractivity contribution in [3.05, 3.63) is 12.4 Å². The van der Waals surface area contributed by atoms with Gasteiger partial charge in [0.05, 0.1) is 12.5 Å². The highest BCUT2D eigenvalue weighted by Gasteiger charge is 2.25. The Bertz CT molecular complexity index is 459. The molecule has 0 radical (unpaired) electrons. The largest absolute Gasteiger partial charge is 0.481 e. The van der Waals surface area contributed by atoms with Gasteiger partial charge in [-0.1, -0.05) is 6.92 Å². The molecule has 0 atom stereocenters. The van der Waals surface area contributed by atoms with Gasteiger partial charge in [-0.2, -0.15) is 0 Å². The van der Waals surface area contributed by atoms with Crippen LogP contribution in [0, 0.1) is 11.8 Å². The third-order valence-electron chi connectivity index (χ3n) is 3.86. The van der Waals surface area contributed by atoms with E-state index in [1.807, 2.05) is 6.92 Å². The fourth-order valence-corrected chi connectivity index (χ4v) is 2.58. The molecule has 1 aromatic heterocycles. The highest BCUT2D eigenvalue weighted by molar-refractivity contribution is 5.70. The van der Waals surface area contributed by atoms with Gasteiger partial charge in [-0.05, 0) is 38.0 Å². The number of nitrogens with one attached hydrogen (secondary N) is 1. The molecule has 0 saturated heterocycles. The maximum absolute atomic E-state index is 10.9. The van der Waals surface area contributed by atoms with Crippen LogP contribution in [0.25, 0.3) is 0 Å². The topological polar surface area (TPSA) is 84.3 Å². The minimum absolute atomic E-state index is 0.158. The predicted molar refractivity (Wildman–Crippen MR) is 79.4 cm³/mol. The van der Waals surface area contributed by atoms with E-state index >= 15 is 0 Å².